The van der Waals surface area contributed by atoms with Gasteiger partial charge in [-0.05, 0) is 37.1 Å². The summed E-state index contributed by atoms with van der Waals surface area (Å²) in [7, 11) is 0. The summed E-state index contributed by atoms with van der Waals surface area (Å²) in [4.78, 5) is -0.406. The van der Waals surface area contributed by atoms with Gasteiger partial charge < -0.3 is 4.42 Å². The molecule has 4 heteroatoms. The van der Waals surface area contributed by atoms with Gasteiger partial charge in [0.05, 0.1) is 6.26 Å². The number of rotatable bonds is 2. The first kappa shape index (κ1) is 12.3. The van der Waals surface area contributed by atoms with Gasteiger partial charge in [0.2, 0.25) is 0 Å². The van der Waals surface area contributed by atoms with Gasteiger partial charge >= 0.3 is 0 Å². The molecule has 1 aromatic heterocycles. The van der Waals surface area contributed by atoms with Crippen molar-refractivity contribution in [2.24, 2.45) is 0 Å². The second-order valence-corrected chi connectivity index (χ2v) is 4.87. The molecule has 0 aliphatic rings. The van der Waals surface area contributed by atoms with Gasteiger partial charge in [-0.3, -0.25) is 0 Å². The van der Waals surface area contributed by atoms with Gasteiger partial charge in [0.25, 0.3) is 0 Å². The Labute approximate surface area is 107 Å². The minimum atomic E-state index is -0.578. The Morgan fingerprint density at radius 1 is 1.12 bits per heavy atom. The molecule has 0 saturated carbocycles. The lowest BCUT2D eigenvalue weighted by molar-refractivity contribution is 0.508. The Balaban J connectivity index is 2.48. The number of halogens is 3. The fourth-order valence-electron chi connectivity index (χ4n) is 1.66. The molecular weight excluding hydrogens is 290 g/mol. The Morgan fingerprint density at radius 2 is 1.82 bits per heavy atom. The second kappa shape index (κ2) is 4.61. The van der Waals surface area contributed by atoms with Crippen LogP contribution >= 0.6 is 15.9 Å². The molecule has 0 bridgehead atoms. The third-order valence-electron chi connectivity index (χ3n) is 2.68. The van der Waals surface area contributed by atoms with Crippen molar-refractivity contribution in [1.82, 2.24) is 0 Å². The van der Waals surface area contributed by atoms with E-state index in [0.717, 1.165) is 11.6 Å². The van der Waals surface area contributed by atoms with E-state index in [9.17, 15) is 8.78 Å². The van der Waals surface area contributed by atoms with Crippen LogP contribution in [0.3, 0.4) is 0 Å². The molecule has 1 atom stereocenters. The average molecular weight is 301 g/mol. The van der Waals surface area contributed by atoms with E-state index in [1.54, 1.807) is 19.3 Å². The van der Waals surface area contributed by atoms with Crippen LogP contribution in [0.2, 0.25) is 0 Å². The van der Waals surface area contributed by atoms with E-state index >= 15 is 0 Å². The maximum Gasteiger partial charge on any atom is 0.130 e. The maximum absolute atomic E-state index is 13.7. The summed E-state index contributed by atoms with van der Waals surface area (Å²) in [6.07, 6.45) is 1.55. The fourth-order valence-corrected chi connectivity index (χ4v) is 2.48. The van der Waals surface area contributed by atoms with Gasteiger partial charge in [-0.15, -0.1) is 0 Å². The molecule has 0 N–H and O–H groups in total. The highest BCUT2D eigenvalue weighted by molar-refractivity contribution is 9.09. The monoisotopic (exact) mass is 300 g/mol. The topological polar surface area (TPSA) is 13.1 Å². The molecule has 0 saturated heterocycles. The lowest BCUT2D eigenvalue weighted by Gasteiger charge is -2.11. The van der Waals surface area contributed by atoms with Crippen LogP contribution in [-0.4, -0.2) is 0 Å². The minimum Gasteiger partial charge on any atom is -0.468 e. The van der Waals surface area contributed by atoms with Gasteiger partial charge in [-0.25, -0.2) is 8.78 Å². The van der Waals surface area contributed by atoms with E-state index in [0.29, 0.717) is 16.9 Å². The van der Waals surface area contributed by atoms with Crippen LogP contribution in [0.4, 0.5) is 8.78 Å². The predicted molar refractivity (Wildman–Crippen MR) is 65.3 cm³/mol. The zero-order valence-corrected chi connectivity index (χ0v) is 11.0. The number of hydrogen-bond acceptors (Lipinski definition) is 1. The van der Waals surface area contributed by atoms with Gasteiger partial charge in [-0.2, -0.15) is 0 Å². The first-order valence-corrected chi connectivity index (χ1v) is 6.06. The van der Waals surface area contributed by atoms with Crippen molar-refractivity contribution >= 4 is 15.9 Å². The summed E-state index contributed by atoms with van der Waals surface area (Å²) >= 11 is 3.38. The molecule has 17 heavy (non-hydrogen) atoms. The summed E-state index contributed by atoms with van der Waals surface area (Å²) in [5, 5.41) is 0. The molecule has 0 fully saturated rings. The van der Waals surface area contributed by atoms with E-state index in [4.69, 9.17) is 4.42 Å². The zero-order chi connectivity index (χ0) is 12.6. The first-order valence-electron chi connectivity index (χ1n) is 5.14. The molecule has 1 aromatic carbocycles. The maximum atomic E-state index is 13.7. The number of hydrogen-bond donors (Lipinski definition) is 0. The average Bonchev–Trinajstić information content (AvgIpc) is 2.69. The van der Waals surface area contributed by atoms with Crippen LogP contribution < -0.4 is 0 Å². The highest BCUT2D eigenvalue weighted by atomic mass is 79.9. The van der Waals surface area contributed by atoms with Crippen molar-refractivity contribution in [3.63, 3.8) is 0 Å². The third kappa shape index (κ3) is 2.27. The van der Waals surface area contributed by atoms with Crippen molar-refractivity contribution < 1.29 is 13.2 Å². The molecule has 1 heterocycles. The zero-order valence-electron chi connectivity index (χ0n) is 9.43. The van der Waals surface area contributed by atoms with Crippen LogP contribution in [0.15, 0.2) is 28.9 Å². The van der Waals surface area contributed by atoms with Crippen molar-refractivity contribution in [2.45, 2.75) is 18.7 Å². The molecule has 0 radical (unpaired) electrons. The molecule has 1 unspecified atom stereocenters. The van der Waals surface area contributed by atoms with Gasteiger partial charge in [0.15, 0.2) is 0 Å². The van der Waals surface area contributed by atoms with Gasteiger partial charge in [0.1, 0.15) is 22.2 Å². The Hall–Kier alpha value is -1.16. The number of furan rings is 1. The Morgan fingerprint density at radius 3 is 2.41 bits per heavy atom. The molecule has 2 rings (SSSR count). The highest BCUT2D eigenvalue weighted by Gasteiger charge is 2.20. The van der Waals surface area contributed by atoms with Gasteiger partial charge in [-0.1, -0.05) is 15.9 Å². The summed E-state index contributed by atoms with van der Waals surface area (Å²) < 4.78 is 32.2. The quantitative estimate of drug-likeness (QED) is 0.735. The van der Waals surface area contributed by atoms with Crippen molar-refractivity contribution in [3.05, 3.63) is 58.5 Å². The van der Waals surface area contributed by atoms with Crippen LogP contribution in [0.5, 0.6) is 0 Å². The standard InChI is InChI=1S/C13H11BrF2O/c1-7-3-4-17-13(7)12(14)9-5-8(2)10(15)6-11(9)16/h3-6,12H,1-2H3. The van der Waals surface area contributed by atoms with Crippen LogP contribution in [-0.2, 0) is 0 Å². The molecular formula is C13H11BrF2O. The summed E-state index contributed by atoms with van der Waals surface area (Å²) in [6, 6.07) is 4.20. The molecule has 0 amide bonds. The normalized spacial score (nSPS) is 12.8. The first-order chi connectivity index (χ1) is 8.00. The highest BCUT2D eigenvalue weighted by Crippen LogP contribution is 2.35. The largest absolute Gasteiger partial charge is 0.468 e. The number of benzene rings is 1. The summed E-state index contributed by atoms with van der Waals surface area (Å²) in [5.74, 6) is -0.484. The lowest BCUT2D eigenvalue weighted by atomic mass is 10.0. The van der Waals surface area contributed by atoms with E-state index in [2.05, 4.69) is 15.9 Å². The Bertz CT molecular complexity index is 548. The summed E-state index contributed by atoms with van der Waals surface area (Å²) in [6.45, 7) is 3.48. The van der Waals surface area contributed by atoms with Crippen LogP contribution in [0.1, 0.15) is 27.3 Å². The van der Waals surface area contributed by atoms with E-state index in [1.165, 1.54) is 6.07 Å². The smallest absolute Gasteiger partial charge is 0.130 e. The van der Waals surface area contributed by atoms with E-state index in [1.807, 2.05) is 6.92 Å². The van der Waals surface area contributed by atoms with Crippen molar-refractivity contribution in [3.8, 4) is 0 Å². The SMILES string of the molecule is Cc1cc(C(Br)c2occc2C)c(F)cc1F. The third-order valence-corrected chi connectivity index (χ3v) is 3.59. The second-order valence-electron chi connectivity index (χ2n) is 3.95. The van der Waals surface area contributed by atoms with Crippen LogP contribution in [0.25, 0.3) is 0 Å². The molecule has 0 aliphatic carbocycles. The fraction of sp³-hybridized carbons (Fsp3) is 0.231. The number of aryl methyl sites for hydroxylation is 2. The minimum absolute atomic E-state index is 0.377. The van der Waals surface area contributed by atoms with E-state index < -0.39 is 16.5 Å². The molecule has 0 aliphatic heterocycles. The van der Waals surface area contributed by atoms with Crippen molar-refractivity contribution in [2.75, 3.05) is 0 Å². The van der Waals surface area contributed by atoms with Gasteiger partial charge in [0, 0.05) is 11.6 Å². The lowest BCUT2D eigenvalue weighted by Crippen LogP contribution is -1.99. The molecule has 2 aromatic rings. The number of alkyl halides is 1. The van der Waals surface area contributed by atoms with Crippen LogP contribution in [0, 0.1) is 25.5 Å². The molecule has 90 valence electrons. The Kier molecular flexibility index (Phi) is 3.33. The molecule has 1 nitrogen and oxygen atoms in total. The summed E-state index contributed by atoms with van der Waals surface area (Å²) in [5.41, 5.74) is 1.71. The molecule has 0 spiro atoms. The predicted octanol–water partition coefficient (Wildman–Crippen LogP) is 4.66. The van der Waals surface area contributed by atoms with Crippen molar-refractivity contribution in [1.29, 1.82) is 0 Å². The van der Waals surface area contributed by atoms with E-state index in [-0.39, 0.29) is 0 Å².